The van der Waals surface area contributed by atoms with Gasteiger partial charge in [0.25, 0.3) is 0 Å². The smallest absolute Gasteiger partial charge is 0.412 e. The van der Waals surface area contributed by atoms with Crippen LogP contribution in [-0.4, -0.2) is 134 Å². The van der Waals surface area contributed by atoms with Crippen molar-refractivity contribution in [3.8, 4) is 0 Å². The van der Waals surface area contributed by atoms with E-state index in [2.05, 4.69) is 16.0 Å². The Kier molecular flexibility index (Phi) is 21.3. The number of likely N-dealkylation sites (tertiary alicyclic amines) is 1. The van der Waals surface area contributed by atoms with Crippen LogP contribution in [0.2, 0.25) is 0 Å². The zero-order valence-corrected chi connectivity index (χ0v) is 39.8. The first kappa shape index (κ1) is 53.1. The average Bonchev–Trinajstić information content (AvgIpc) is 3.66. The minimum Gasteiger partial charge on any atom is -0.444 e. The largest absolute Gasteiger partial charge is 0.444 e. The summed E-state index contributed by atoms with van der Waals surface area (Å²) in [7, 11) is 8.52. The van der Waals surface area contributed by atoms with Gasteiger partial charge >= 0.3 is 6.09 Å². The predicted octanol–water partition coefficient (Wildman–Crippen LogP) is 5.65. The summed E-state index contributed by atoms with van der Waals surface area (Å²) in [5, 5.41) is 8.56. The van der Waals surface area contributed by atoms with Gasteiger partial charge in [-0.3, -0.25) is 34.2 Å². The van der Waals surface area contributed by atoms with Crippen molar-refractivity contribution in [1.82, 2.24) is 25.3 Å². The summed E-state index contributed by atoms with van der Waals surface area (Å²) >= 11 is 0. The Hall–Kier alpha value is -4.08. The van der Waals surface area contributed by atoms with E-state index in [9.17, 15) is 28.8 Å². The lowest BCUT2D eigenvalue weighted by atomic mass is 9.88. The third kappa shape index (κ3) is 16.0. The Morgan fingerprint density at radius 1 is 0.885 bits per heavy atom. The number of ether oxygens (including phenoxy) is 3. The van der Waals surface area contributed by atoms with Crippen molar-refractivity contribution in [2.75, 3.05) is 47.2 Å². The molecule has 1 aromatic rings. The van der Waals surface area contributed by atoms with Gasteiger partial charge in [-0.2, -0.15) is 0 Å². The number of nitrogens with one attached hydrogen (secondary N) is 3. The SMILES string of the molecule is CC[C@H](C)[C@@H]([C@@H](CC(=O)N1CCC[C@H]1[C@H](OC)[C@@H](C)C(=O)CCC(=O)NCc1ccc(NC(=O)OC(C)(C)C)cc1)OC)N(C)C(=O)[C@@H](NC(=O)[C@H](C(C)C)N(C)C)C(C)C. The molecule has 0 saturated carbocycles. The number of methoxy groups -OCH3 is 2. The first-order valence-electron chi connectivity index (χ1n) is 21.9. The summed E-state index contributed by atoms with van der Waals surface area (Å²) < 4.78 is 17.2. The summed E-state index contributed by atoms with van der Waals surface area (Å²) in [6, 6.07) is 5.01. The first-order chi connectivity index (χ1) is 28.5. The van der Waals surface area contributed by atoms with Gasteiger partial charge in [0.1, 0.15) is 17.4 Å². The van der Waals surface area contributed by atoms with Gasteiger partial charge in [0, 0.05) is 58.8 Å². The number of rotatable bonds is 23. The van der Waals surface area contributed by atoms with Gasteiger partial charge in [0.05, 0.1) is 36.8 Å². The molecule has 5 amide bonds. The van der Waals surface area contributed by atoms with Gasteiger partial charge in [-0.05, 0) is 83.2 Å². The van der Waals surface area contributed by atoms with Crippen LogP contribution in [0.15, 0.2) is 24.3 Å². The molecule has 15 heteroatoms. The first-order valence-corrected chi connectivity index (χ1v) is 21.9. The fourth-order valence-corrected chi connectivity index (χ4v) is 8.33. The number of carbonyl (C=O) groups excluding carboxylic acids is 6. The lowest BCUT2D eigenvalue weighted by Crippen LogP contribution is -2.59. The average molecular weight is 859 g/mol. The van der Waals surface area contributed by atoms with E-state index in [0.29, 0.717) is 18.7 Å². The monoisotopic (exact) mass is 859 g/mol. The lowest BCUT2D eigenvalue weighted by Gasteiger charge is -2.41. The number of likely N-dealkylation sites (N-methyl/N-ethyl adjacent to an activating group) is 2. The third-order valence-electron chi connectivity index (χ3n) is 11.7. The Labute approximate surface area is 365 Å². The second-order valence-electron chi connectivity index (χ2n) is 18.5. The summed E-state index contributed by atoms with van der Waals surface area (Å²) in [5.41, 5.74) is 0.765. The fourth-order valence-electron chi connectivity index (χ4n) is 8.33. The van der Waals surface area contributed by atoms with Crippen molar-refractivity contribution in [2.45, 2.75) is 156 Å². The van der Waals surface area contributed by atoms with Crippen molar-refractivity contribution < 1.29 is 43.0 Å². The van der Waals surface area contributed by atoms with Crippen LogP contribution in [0, 0.1) is 23.7 Å². The number of carbonyl (C=O) groups is 6. The molecule has 2 rings (SSSR count). The number of anilines is 1. The van der Waals surface area contributed by atoms with Crippen molar-refractivity contribution in [1.29, 1.82) is 0 Å². The minimum atomic E-state index is -0.775. The number of hydrogen-bond donors (Lipinski definition) is 3. The number of nitrogens with zero attached hydrogens (tertiary/aromatic N) is 3. The highest BCUT2D eigenvalue weighted by molar-refractivity contribution is 5.90. The quantitative estimate of drug-likeness (QED) is 0.125. The maximum absolute atomic E-state index is 14.3. The van der Waals surface area contributed by atoms with Crippen molar-refractivity contribution in [2.24, 2.45) is 23.7 Å². The van der Waals surface area contributed by atoms with Crippen LogP contribution in [0.3, 0.4) is 0 Å². The van der Waals surface area contributed by atoms with E-state index >= 15 is 0 Å². The van der Waals surface area contributed by atoms with Crippen LogP contribution in [0.25, 0.3) is 0 Å². The number of hydrogen-bond acceptors (Lipinski definition) is 10. The molecule has 1 saturated heterocycles. The Bertz CT molecular complexity index is 1590. The van der Waals surface area contributed by atoms with Crippen molar-refractivity contribution in [3.63, 3.8) is 0 Å². The van der Waals surface area contributed by atoms with E-state index in [0.717, 1.165) is 18.4 Å². The molecule has 346 valence electrons. The third-order valence-corrected chi connectivity index (χ3v) is 11.7. The van der Waals surface area contributed by atoms with E-state index in [1.165, 1.54) is 0 Å². The molecule has 1 heterocycles. The van der Waals surface area contributed by atoms with Gasteiger partial charge in [0.2, 0.25) is 23.6 Å². The van der Waals surface area contributed by atoms with Gasteiger partial charge in [0.15, 0.2) is 0 Å². The Balaban J connectivity index is 2.09. The van der Waals surface area contributed by atoms with Gasteiger partial charge < -0.3 is 34.6 Å². The summed E-state index contributed by atoms with van der Waals surface area (Å²) in [6.07, 6.45) is 0.356. The molecular weight excluding hydrogens is 781 g/mol. The van der Waals surface area contributed by atoms with Crippen LogP contribution >= 0.6 is 0 Å². The minimum absolute atomic E-state index is 0.000727. The molecule has 8 atom stereocenters. The number of ketones is 1. The van der Waals surface area contributed by atoms with Gasteiger partial charge in [-0.15, -0.1) is 0 Å². The molecule has 0 aliphatic carbocycles. The normalized spacial score (nSPS) is 17.9. The Morgan fingerprint density at radius 3 is 2.02 bits per heavy atom. The number of amides is 5. The standard InChI is InChI=1S/C46H78N6O9/c1-16-30(6)41(51(13)44(57)39(28(2)3)49-43(56)40(29(4)5)50(11)12)36(59-14)26-38(55)52-25-17-18-34(52)42(60-15)31(7)35(53)23-24-37(54)47-27-32-19-21-33(22-20-32)48-45(58)61-46(8,9)10/h19-22,28-31,34,36,39-42H,16-18,23-27H2,1-15H3,(H,47,54)(H,48,58)(H,49,56)/t30-,31-,34-,36+,39-,40-,41-,42+/m0/s1. The molecule has 1 fully saturated rings. The molecule has 0 aromatic heterocycles. The summed E-state index contributed by atoms with van der Waals surface area (Å²) in [5.74, 6) is -1.79. The molecule has 0 unspecified atom stereocenters. The van der Waals surface area contributed by atoms with Crippen LogP contribution in [0.1, 0.15) is 113 Å². The fraction of sp³-hybridized carbons (Fsp3) is 0.739. The van der Waals surface area contributed by atoms with Crippen LogP contribution < -0.4 is 16.0 Å². The molecule has 61 heavy (non-hydrogen) atoms. The maximum Gasteiger partial charge on any atom is 0.412 e. The lowest BCUT2D eigenvalue weighted by molar-refractivity contribution is -0.148. The maximum atomic E-state index is 14.3. The van der Waals surface area contributed by atoms with E-state index < -0.39 is 47.9 Å². The highest BCUT2D eigenvalue weighted by Gasteiger charge is 2.43. The van der Waals surface area contributed by atoms with E-state index in [1.807, 2.05) is 60.5 Å². The molecule has 1 aliphatic heterocycles. The van der Waals surface area contributed by atoms with E-state index in [1.54, 1.807) is 83.0 Å². The number of Topliss-reactive ketones (excluding diaryl/α,β-unsaturated/α-hetero) is 1. The second-order valence-corrected chi connectivity index (χ2v) is 18.5. The summed E-state index contributed by atoms with van der Waals surface area (Å²) in [4.78, 5) is 85.6. The molecule has 3 N–H and O–H groups in total. The molecule has 15 nitrogen and oxygen atoms in total. The van der Waals surface area contributed by atoms with Crippen LogP contribution in [0.5, 0.6) is 0 Å². The highest BCUT2D eigenvalue weighted by Crippen LogP contribution is 2.30. The molecule has 1 aromatic carbocycles. The molecule has 0 spiro atoms. The Morgan fingerprint density at radius 2 is 1.51 bits per heavy atom. The molecule has 1 aliphatic rings. The topological polar surface area (TPSA) is 176 Å². The van der Waals surface area contributed by atoms with Crippen molar-refractivity contribution >= 4 is 41.2 Å². The second kappa shape index (κ2) is 24.5. The van der Waals surface area contributed by atoms with Gasteiger partial charge in [-0.25, -0.2) is 4.79 Å². The summed E-state index contributed by atoms with van der Waals surface area (Å²) in [6.45, 7) is 19.7. The van der Waals surface area contributed by atoms with Crippen molar-refractivity contribution in [3.05, 3.63) is 29.8 Å². The molecular formula is C46H78N6O9. The molecule has 0 bridgehead atoms. The highest BCUT2D eigenvalue weighted by atomic mass is 16.6. The predicted molar refractivity (Wildman–Crippen MR) is 238 cm³/mol. The van der Waals surface area contributed by atoms with Gasteiger partial charge in [-0.1, -0.05) is 67.0 Å². The zero-order valence-electron chi connectivity index (χ0n) is 39.8. The molecule has 0 radical (unpaired) electrons. The van der Waals surface area contributed by atoms with E-state index in [-0.39, 0.29) is 79.0 Å². The van der Waals surface area contributed by atoms with Crippen LogP contribution in [-0.2, 0) is 44.7 Å². The van der Waals surface area contributed by atoms with Crippen LogP contribution in [0.4, 0.5) is 10.5 Å². The zero-order chi connectivity index (χ0) is 46.4. The van der Waals surface area contributed by atoms with E-state index in [4.69, 9.17) is 14.2 Å². The number of benzene rings is 1.